The molecule has 2 aromatic heterocycles. The smallest absolute Gasteiger partial charge is 0.264 e. The Kier molecular flexibility index (Phi) is 9.60. The van der Waals surface area contributed by atoms with Crippen molar-refractivity contribution in [1.29, 1.82) is 0 Å². The Labute approximate surface area is 295 Å². The molecule has 6 rings (SSSR count). The Morgan fingerprint density at radius 2 is 1.66 bits per heavy atom. The first-order chi connectivity index (χ1) is 23.6. The van der Waals surface area contributed by atoms with Gasteiger partial charge in [-0.2, -0.15) is 4.98 Å². The lowest BCUT2D eigenvalue weighted by Crippen LogP contribution is -2.45. The SMILES string of the molecule is Cc1cccc(C)c1-c1cc2nc(n1)NS(=O)(=O)c1cccc(c1)C(=O)N(Cc1cnc(N3CCC(C)(C)CC3)cn1)[C@H](CC(C)(C)C)CO2. The van der Waals surface area contributed by atoms with Crippen molar-refractivity contribution in [2.24, 2.45) is 10.8 Å². The number of ether oxygens (including phenoxy) is 1. The average Bonchev–Trinajstić information content (AvgIpc) is 3.05. The molecule has 1 amide bonds. The number of hydrogen-bond donors (Lipinski definition) is 1. The van der Waals surface area contributed by atoms with E-state index in [4.69, 9.17) is 14.7 Å². The number of anilines is 2. The molecule has 1 fully saturated rings. The molecule has 2 aromatic carbocycles. The van der Waals surface area contributed by atoms with Gasteiger partial charge in [0.05, 0.1) is 41.3 Å². The van der Waals surface area contributed by atoms with E-state index in [1.54, 1.807) is 35.5 Å². The number of carbonyl (C=O) groups excluding carboxylic acids is 1. The molecule has 1 saturated heterocycles. The third-order valence-electron chi connectivity index (χ3n) is 9.50. The summed E-state index contributed by atoms with van der Waals surface area (Å²) in [7, 11) is -4.17. The maximum absolute atomic E-state index is 14.5. The van der Waals surface area contributed by atoms with Crippen LogP contribution in [0.25, 0.3) is 11.3 Å². The number of piperidine rings is 1. The predicted molar refractivity (Wildman–Crippen MR) is 195 cm³/mol. The summed E-state index contributed by atoms with van der Waals surface area (Å²) >= 11 is 0. The molecule has 2 aliphatic rings. The molecule has 0 saturated carbocycles. The first-order valence-electron chi connectivity index (χ1n) is 17.2. The molecule has 2 aliphatic heterocycles. The number of fused-ring (bicyclic) bond motifs is 4. The largest absolute Gasteiger partial charge is 0.475 e. The minimum atomic E-state index is -4.17. The highest BCUT2D eigenvalue weighted by molar-refractivity contribution is 7.92. The standard InChI is InChI=1S/C38H47N7O4S/c1-25-10-8-11-26(2)34(25)31-19-33-42-36(41-31)43-50(47,48)30-13-9-12-27(18-30)35(46)45(29(24-49-33)20-37(3,4)5)23-28-21-40-32(22-39-28)44-16-14-38(6,7)15-17-44/h8-13,18-19,21-22,29H,14-17,20,23-24H2,1-7H3,(H,41,42,43)/t29-/m1/s1. The molecule has 4 aromatic rings. The number of aromatic nitrogens is 4. The van der Waals surface area contributed by atoms with Gasteiger partial charge in [-0.3, -0.25) is 9.78 Å². The fourth-order valence-electron chi connectivity index (χ4n) is 6.66. The van der Waals surface area contributed by atoms with Crippen LogP contribution >= 0.6 is 0 Å². The van der Waals surface area contributed by atoms with Crippen LogP contribution in [-0.2, 0) is 16.6 Å². The van der Waals surface area contributed by atoms with Gasteiger partial charge >= 0.3 is 0 Å². The van der Waals surface area contributed by atoms with Crippen LogP contribution in [0, 0.1) is 24.7 Å². The van der Waals surface area contributed by atoms with Crippen LogP contribution in [0.4, 0.5) is 11.8 Å². The average molecular weight is 698 g/mol. The normalized spacial score (nSPS) is 19.0. The van der Waals surface area contributed by atoms with Crippen molar-refractivity contribution in [3.63, 3.8) is 0 Å². The van der Waals surface area contributed by atoms with Crippen LogP contribution < -0.4 is 14.4 Å². The van der Waals surface area contributed by atoms with Crippen LogP contribution in [0.3, 0.4) is 0 Å². The van der Waals surface area contributed by atoms with E-state index in [2.05, 4.69) is 54.2 Å². The lowest BCUT2D eigenvalue weighted by atomic mass is 9.83. The topological polar surface area (TPSA) is 131 Å². The van der Waals surface area contributed by atoms with Crippen LogP contribution in [-0.4, -0.2) is 64.9 Å². The molecule has 11 nitrogen and oxygen atoms in total. The Morgan fingerprint density at radius 1 is 0.960 bits per heavy atom. The van der Waals surface area contributed by atoms with Gasteiger partial charge in [0.25, 0.3) is 15.9 Å². The van der Waals surface area contributed by atoms with Crippen molar-refractivity contribution in [2.45, 2.75) is 85.2 Å². The summed E-state index contributed by atoms with van der Waals surface area (Å²) in [5.74, 6) is 0.562. The van der Waals surface area contributed by atoms with Gasteiger partial charge in [-0.1, -0.05) is 58.9 Å². The third kappa shape index (κ3) is 8.07. The van der Waals surface area contributed by atoms with E-state index in [1.165, 1.54) is 12.1 Å². The summed E-state index contributed by atoms with van der Waals surface area (Å²) in [6, 6.07) is 13.3. The molecule has 0 aliphatic carbocycles. The van der Waals surface area contributed by atoms with Crippen molar-refractivity contribution in [3.8, 4) is 17.1 Å². The summed E-state index contributed by atoms with van der Waals surface area (Å²) in [5.41, 5.74) is 4.33. The Morgan fingerprint density at radius 3 is 2.32 bits per heavy atom. The number of nitrogens with zero attached hydrogens (tertiary/aromatic N) is 6. The van der Waals surface area contributed by atoms with Gasteiger partial charge in [0.1, 0.15) is 12.4 Å². The van der Waals surface area contributed by atoms with Gasteiger partial charge in [0.2, 0.25) is 11.8 Å². The summed E-state index contributed by atoms with van der Waals surface area (Å²) in [6.45, 7) is 17.0. The second kappa shape index (κ2) is 13.6. The Hall–Kier alpha value is -4.58. The van der Waals surface area contributed by atoms with E-state index in [0.29, 0.717) is 23.2 Å². The van der Waals surface area contributed by atoms with Crippen molar-refractivity contribution >= 4 is 27.7 Å². The van der Waals surface area contributed by atoms with Gasteiger partial charge in [-0.25, -0.2) is 23.1 Å². The van der Waals surface area contributed by atoms with Gasteiger partial charge in [0, 0.05) is 30.3 Å². The summed E-state index contributed by atoms with van der Waals surface area (Å²) in [5, 5.41) is 0. The fraction of sp³-hybridized carbons (Fsp3) is 0.447. The molecule has 1 atom stereocenters. The zero-order valence-electron chi connectivity index (χ0n) is 30.0. The molecular formula is C38H47N7O4S. The highest BCUT2D eigenvalue weighted by Gasteiger charge is 2.32. The summed E-state index contributed by atoms with van der Waals surface area (Å²) in [6.07, 6.45) is 6.27. The first kappa shape index (κ1) is 35.3. The minimum Gasteiger partial charge on any atom is -0.475 e. The van der Waals surface area contributed by atoms with Crippen LogP contribution in [0.1, 0.15) is 81.1 Å². The second-order valence-electron chi connectivity index (χ2n) is 15.5. The summed E-state index contributed by atoms with van der Waals surface area (Å²) in [4.78, 5) is 37.0. The van der Waals surface area contributed by atoms with E-state index < -0.39 is 16.1 Å². The van der Waals surface area contributed by atoms with Crippen molar-refractivity contribution in [2.75, 3.05) is 29.3 Å². The number of hydrogen-bond acceptors (Lipinski definition) is 9. The van der Waals surface area contributed by atoms with E-state index >= 15 is 0 Å². The Bertz CT molecular complexity index is 1960. The second-order valence-corrected chi connectivity index (χ2v) is 17.2. The first-order valence-corrected chi connectivity index (χ1v) is 18.6. The van der Waals surface area contributed by atoms with Crippen molar-refractivity contribution in [3.05, 3.63) is 83.3 Å². The van der Waals surface area contributed by atoms with Gasteiger partial charge in [0.15, 0.2) is 0 Å². The quantitative estimate of drug-likeness (QED) is 0.239. The van der Waals surface area contributed by atoms with Crippen molar-refractivity contribution in [1.82, 2.24) is 24.8 Å². The molecule has 0 radical (unpaired) electrons. The zero-order chi connectivity index (χ0) is 35.8. The molecule has 0 spiro atoms. The highest BCUT2D eigenvalue weighted by atomic mass is 32.2. The van der Waals surface area contributed by atoms with E-state index in [9.17, 15) is 13.2 Å². The zero-order valence-corrected chi connectivity index (χ0v) is 30.8. The molecule has 4 heterocycles. The number of nitrogens with one attached hydrogen (secondary N) is 1. The minimum absolute atomic E-state index is 0.0766. The van der Waals surface area contributed by atoms with E-state index in [0.717, 1.165) is 48.4 Å². The number of rotatable bonds is 5. The molecule has 0 unspecified atom stereocenters. The van der Waals surface area contributed by atoms with Crippen LogP contribution in [0.2, 0.25) is 0 Å². The number of aryl methyl sites for hydroxylation is 2. The van der Waals surface area contributed by atoms with Gasteiger partial charge in [-0.05, 0) is 73.3 Å². The summed E-state index contributed by atoms with van der Waals surface area (Å²) < 4.78 is 36.3. The molecule has 12 heteroatoms. The molecule has 4 bridgehead atoms. The monoisotopic (exact) mass is 697 g/mol. The number of benzene rings is 2. The van der Waals surface area contributed by atoms with E-state index in [-0.39, 0.29) is 46.8 Å². The fourth-order valence-corrected chi connectivity index (χ4v) is 7.64. The number of amides is 1. The molecular weight excluding hydrogens is 651 g/mol. The Balaban J connectivity index is 1.41. The van der Waals surface area contributed by atoms with E-state index in [1.807, 2.05) is 32.0 Å². The molecule has 264 valence electrons. The third-order valence-corrected chi connectivity index (χ3v) is 10.8. The number of sulfonamides is 1. The van der Waals surface area contributed by atoms with Gasteiger partial charge in [-0.15, -0.1) is 0 Å². The lowest BCUT2D eigenvalue weighted by molar-refractivity contribution is 0.0509. The van der Waals surface area contributed by atoms with Gasteiger partial charge < -0.3 is 14.5 Å². The molecule has 1 N–H and O–H groups in total. The molecule has 50 heavy (non-hydrogen) atoms. The highest BCUT2D eigenvalue weighted by Crippen LogP contribution is 2.33. The van der Waals surface area contributed by atoms with Crippen LogP contribution in [0.15, 0.2) is 65.8 Å². The predicted octanol–water partition coefficient (Wildman–Crippen LogP) is 6.82. The maximum atomic E-state index is 14.5. The maximum Gasteiger partial charge on any atom is 0.264 e. The van der Waals surface area contributed by atoms with Crippen molar-refractivity contribution < 1.29 is 17.9 Å². The lowest BCUT2D eigenvalue weighted by Gasteiger charge is -2.37. The number of carbonyl (C=O) groups is 1. The van der Waals surface area contributed by atoms with Crippen LogP contribution in [0.5, 0.6) is 5.88 Å².